The van der Waals surface area contributed by atoms with Gasteiger partial charge in [0.2, 0.25) is 0 Å². The van der Waals surface area contributed by atoms with Crippen LogP contribution in [0.1, 0.15) is 86.5 Å². The second-order valence-electron chi connectivity index (χ2n) is 7.21. The van der Waals surface area contributed by atoms with E-state index in [-0.39, 0.29) is 5.92 Å². The molecular weight excluding hydrogens is 270 g/mol. The molecule has 0 aromatic carbocycles. The van der Waals surface area contributed by atoms with Gasteiger partial charge in [-0.1, -0.05) is 47.5 Å². The number of nitriles is 1. The molecule has 0 radical (unpaired) electrons. The molecule has 2 heteroatoms. The van der Waals surface area contributed by atoms with E-state index < -0.39 is 0 Å². The molecule has 0 saturated heterocycles. The van der Waals surface area contributed by atoms with E-state index in [4.69, 9.17) is 10.00 Å². The van der Waals surface area contributed by atoms with Gasteiger partial charge in [-0.3, -0.25) is 0 Å². The molecule has 0 aromatic rings. The van der Waals surface area contributed by atoms with Crippen LogP contribution in [0.4, 0.5) is 0 Å². The van der Waals surface area contributed by atoms with Crippen molar-refractivity contribution < 1.29 is 4.74 Å². The van der Waals surface area contributed by atoms with Crippen molar-refractivity contribution in [1.29, 1.82) is 5.26 Å². The fourth-order valence-corrected chi connectivity index (χ4v) is 2.93. The normalized spacial score (nSPS) is 18.2. The van der Waals surface area contributed by atoms with E-state index in [1.54, 1.807) is 0 Å². The number of nitrogens with zero attached hydrogens (tertiary/aromatic N) is 1. The maximum atomic E-state index is 8.92. The van der Waals surface area contributed by atoms with E-state index in [0.29, 0.717) is 12.0 Å². The van der Waals surface area contributed by atoms with Crippen LogP contribution in [-0.2, 0) is 4.74 Å². The van der Waals surface area contributed by atoms with Crippen molar-refractivity contribution in [3.05, 3.63) is 0 Å². The van der Waals surface area contributed by atoms with Crippen molar-refractivity contribution in [2.45, 2.75) is 92.6 Å². The predicted octanol–water partition coefficient (Wildman–Crippen LogP) is 6.21. The van der Waals surface area contributed by atoms with Gasteiger partial charge >= 0.3 is 0 Å². The predicted molar refractivity (Wildman–Crippen MR) is 95.7 cm³/mol. The summed E-state index contributed by atoms with van der Waals surface area (Å²) in [5, 5.41) is 8.92. The fourth-order valence-electron chi connectivity index (χ4n) is 2.93. The van der Waals surface area contributed by atoms with E-state index in [9.17, 15) is 0 Å². The van der Waals surface area contributed by atoms with Crippen LogP contribution in [0.25, 0.3) is 0 Å². The van der Waals surface area contributed by atoms with Gasteiger partial charge in [0.05, 0.1) is 12.2 Å². The number of hydrogen-bond acceptors (Lipinski definition) is 2. The third kappa shape index (κ3) is 9.46. The summed E-state index contributed by atoms with van der Waals surface area (Å²) < 4.78 is 6.08. The quantitative estimate of drug-likeness (QED) is 0.405. The fraction of sp³-hybridized carbons (Fsp3) is 0.950. The van der Waals surface area contributed by atoms with Crippen molar-refractivity contribution in [3.63, 3.8) is 0 Å². The Morgan fingerprint density at radius 1 is 0.864 bits per heavy atom. The Labute approximate surface area is 139 Å². The van der Waals surface area contributed by atoms with Crippen molar-refractivity contribution in [2.75, 3.05) is 6.61 Å². The Morgan fingerprint density at radius 3 is 2.05 bits per heavy atom. The van der Waals surface area contributed by atoms with Crippen molar-refractivity contribution >= 4 is 0 Å². The summed E-state index contributed by atoms with van der Waals surface area (Å²) in [4.78, 5) is 0. The molecule has 130 valence electrons. The van der Waals surface area contributed by atoms with Gasteiger partial charge in [0, 0.05) is 12.5 Å². The Hall–Kier alpha value is -0.550. The molecule has 0 aromatic heterocycles. The lowest BCUT2D eigenvalue weighted by Crippen LogP contribution is -2.19. The molecule has 0 aliphatic carbocycles. The maximum Gasteiger partial charge on any atom is 0.0652 e. The topological polar surface area (TPSA) is 33.0 Å². The standard InChI is InChI=1S/C20H39NO/c1-7-16(4)15-22-20(9-3)13-11-18(6)19(8-2)12-10-17(5)14-21/h16-20H,7-13,15H2,1-6H3. The number of rotatable bonds is 13. The van der Waals surface area contributed by atoms with Crippen molar-refractivity contribution in [2.24, 2.45) is 23.7 Å². The number of hydrogen-bond donors (Lipinski definition) is 0. The average Bonchev–Trinajstić information content (AvgIpc) is 2.54. The molecule has 0 N–H and O–H groups in total. The van der Waals surface area contributed by atoms with E-state index in [1.807, 2.05) is 6.92 Å². The highest BCUT2D eigenvalue weighted by molar-refractivity contribution is 4.80. The third-order valence-corrected chi connectivity index (χ3v) is 5.23. The van der Waals surface area contributed by atoms with Crippen LogP contribution in [-0.4, -0.2) is 12.7 Å². The van der Waals surface area contributed by atoms with E-state index >= 15 is 0 Å². The summed E-state index contributed by atoms with van der Waals surface area (Å²) in [5.74, 6) is 2.35. The largest absolute Gasteiger partial charge is 0.378 e. The summed E-state index contributed by atoms with van der Waals surface area (Å²) in [6.07, 6.45) is 8.62. The second-order valence-corrected chi connectivity index (χ2v) is 7.21. The number of ether oxygens (including phenoxy) is 1. The second kappa shape index (κ2) is 12.9. The molecule has 0 fully saturated rings. The first-order valence-electron chi connectivity index (χ1n) is 9.49. The summed E-state index contributed by atoms with van der Waals surface area (Å²) in [6.45, 7) is 14.3. The molecule has 5 unspecified atom stereocenters. The molecule has 0 aliphatic rings. The van der Waals surface area contributed by atoms with Gasteiger partial charge in [0.1, 0.15) is 0 Å². The zero-order chi connectivity index (χ0) is 17.0. The summed E-state index contributed by atoms with van der Waals surface area (Å²) in [6, 6.07) is 2.36. The molecule has 0 heterocycles. The van der Waals surface area contributed by atoms with Gasteiger partial charge in [0.25, 0.3) is 0 Å². The zero-order valence-corrected chi connectivity index (χ0v) is 15.9. The molecule has 0 aliphatic heterocycles. The lowest BCUT2D eigenvalue weighted by molar-refractivity contribution is 0.0195. The van der Waals surface area contributed by atoms with Crippen LogP contribution in [0, 0.1) is 35.0 Å². The van der Waals surface area contributed by atoms with E-state index in [0.717, 1.165) is 31.3 Å². The maximum absolute atomic E-state index is 8.92. The lowest BCUT2D eigenvalue weighted by atomic mass is 9.82. The third-order valence-electron chi connectivity index (χ3n) is 5.23. The van der Waals surface area contributed by atoms with Crippen LogP contribution < -0.4 is 0 Å². The minimum absolute atomic E-state index is 0.198. The summed E-state index contributed by atoms with van der Waals surface area (Å²) in [5.41, 5.74) is 0. The van der Waals surface area contributed by atoms with Gasteiger partial charge in [0.15, 0.2) is 0 Å². The molecule has 0 amide bonds. The Bertz CT molecular complexity index is 297. The van der Waals surface area contributed by atoms with Gasteiger partial charge in [-0.05, 0) is 56.8 Å². The highest BCUT2D eigenvalue weighted by atomic mass is 16.5. The highest BCUT2D eigenvalue weighted by Crippen LogP contribution is 2.28. The highest BCUT2D eigenvalue weighted by Gasteiger charge is 2.18. The molecule has 0 bridgehead atoms. The van der Waals surface area contributed by atoms with Crippen LogP contribution in [0.3, 0.4) is 0 Å². The van der Waals surface area contributed by atoms with Crippen LogP contribution in [0.15, 0.2) is 0 Å². The lowest BCUT2D eigenvalue weighted by Gasteiger charge is -2.25. The summed E-state index contributed by atoms with van der Waals surface area (Å²) in [7, 11) is 0. The molecule has 5 atom stereocenters. The molecule has 2 nitrogen and oxygen atoms in total. The molecule has 0 rings (SSSR count). The van der Waals surface area contributed by atoms with E-state index in [2.05, 4.69) is 40.7 Å². The van der Waals surface area contributed by atoms with E-state index in [1.165, 1.54) is 32.1 Å². The first-order chi connectivity index (χ1) is 10.5. The zero-order valence-electron chi connectivity index (χ0n) is 15.9. The monoisotopic (exact) mass is 309 g/mol. The molecular formula is C20H39NO. The minimum atomic E-state index is 0.198. The van der Waals surface area contributed by atoms with Crippen molar-refractivity contribution in [1.82, 2.24) is 0 Å². The van der Waals surface area contributed by atoms with Gasteiger partial charge in [-0.15, -0.1) is 0 Å². The Morgan fingerprint density at radius 2 is 1.55 bits per heavy atom. The summed E-state index contributed by atoms with van der Waals surface area (Å²) >= 11 is 0. The van der Waals surface area contributed by atoms with Gasteiger partial charge in [-0.25, -0.2) is 0 Å². The average molecular weight is 310 g/mol. The Kier molecular flexibility index (Phi) is 12.6. The van der Waals surface area contributed by atoms with Gasteiger partial charge in [-0.2, -0.15) is 5.26 Å². The minimum Gasteiger partial charge on any atom is -0.378 e. The molecule has 0 saturated carbocycles. The first-order valence-corrected chi connectivity index (χ1v) is 9.49. The smallest absolute Gasteiger partial charge is 0.0652 e. The Balaban J connectivity index is 4.13. The van der Waals surface area contributed by atoms with Crippen molar-refractivity contribution in [3.8, 4) is 6.07 Å². The molecule has 0 spiro atoms. The van der Waals surface area contributed by atoms with Gasteiger partial charge < -0.3 is 4.74 Å². The van der Waals surface area contributed by atoms with Crippen LogP contribution in [0.2, 0.25) is 0 Å². The van der Waals surface area contributed by atoms with Crippen LogP contribution in [0.5, 0.6) is 0 Å². The molecule has 22 heavy (non-hydrogen) atoms. The first kappa shape index (κ1) is 21.4. The van der Waals surface area contributed by atoms with Crippen LogP contribution >= 0.6 is 0 Å². The SMILES string of the molecule is CCC(C)COC(CC)CCC(C)C(CC)CCC(C)C#N.